The first kappa shape index (κ1) is 14.3. The molecule has 6 nitrogen and oxygen atoms in total. The summed E-state index contributed by atoms with van der Waals surface area (Å²) in [6.07, 6.45) is 5.16. The highest BCUT2D eigenvalue weighted by molar-refractivity contribution is 5.94. The number of carbonyl (C=O) groups excluding carboxylic acids is 1. The van der Waals surface area contributed by atoms with E-state index in [1.807, 2.05) is 0 Å². The molecule has 1 unspecified atom stereocenters. The van der Waals surface area contributed by atoms with Gasteiger partial charge >= 0.3 is 5.95 Å². The summed E-state index contributed by atoms with van der Waals surface area (Å²) in [4.78, 5) is 18.6. The molecule has 6 heteroatoms. The number of nitrogens with one attached hydrogen (secondary N) is 1. The SMILES string of the molecule is O=C(N[C@@H]1C[C@@H]2CCN(C2)C1)c1ccc(Oc2cnco2)cc1. The van der Waals surface area contributed by atoms with Crippen LogP contribution in [0.15, 0.2) is 41.3 Å². The molecule has 3 heterocycles. The Morgan fingerprint density at radius 1 is 1.30 bits per heavy atom. The maximum Gasteiger partial charge on any atom is 0.310 e. The third kappa shape index (κ3) is 3.22. The second-order valence-electron chi connectivity index (χ2n) is 6.27. The van der Waals surface area contributed by atoms with Crippen molar-refractivity contribution in [2.24, 2.45) is 5.92 Å². The number of oxazole rings is 1. The third-order valence-electron chi connectivity index (χ3n) is 4.55. The van der Waals surface area contributed by atoms with Crippen LogP contribution in [0.5, 0.6) is 11.7 Å². The number of aromatic nitrogens is 1. The molecule has 120 valence electrons. The van der Waals surface area contributed by atoms with Crippen molar-refractivity contribution >= 4 is 5.91 Å². The lowest BCUT2D eigenvalue weighted by atomic mass is 9.96. The molecule has 2 aliphatic rings. The number of fused-ring (bicyclic) bond motifs is 2. The fourth-order valence-electron chi connectivity index (χ4n) is 3.48. The van der Waals surface area contributed by atoms with Crippen molar-refractivity contribution in [3.8, 4) is 11.7 Å². The summed E-state index contributed by atoms with van der Waals surface area (Å²) in [7, 11) is 0. The first-order valence-corrected chi connectivity index (χ1v) is 7.96. The number of ether oxygens (including phenoxy) is 1. The van der Waals surface area contributed by atoms with E-state index in [0.29, 0.717) is 17.3 Å². The van der Waals surface area contributed by atoms with Crippen LogP contribution < -0.4 is 10.1 Å². The number of hydrogen-bond donors (Lipinski definition) is 1. The van der Waals surface area contributed by atoms with E-state index in [0.717, 1.165) is 18.9 Å². The fraction of sp³-hybridized carbons (Fsp3) is 0.412. The Morgan fingerprint density at radius 2 is 2.17 bits per heavy atom. The van der Waals surface area contributed by atoms with Crippen LogP contribution in [0.25, 0.3) is 0 Å². The third-order valence-corrected chi connectivity index (χ3v) is 4.55. The van der Waals surface area contributed by atoms with Crippen molar-refractivity contribution < 1.29 is 13.9 Å². The highest BCUT2D eigenvalue weighted by Gasteiger charge is 2.32. The van der Waals surface area contributed by atoms with Gasteiger partial charge in [-0.3, -0.25) is 4.79 Å². The van der Waals surface area contributed by atoms with E-state index >= 15 is 0 Å². The van der Waals surface area contributed by atoms with Crippen LogP contribution >= 0.6 is 0 Å². The number of carbonyl (C=O) groups is 1. The Hall–Kier alpha value is -2.34. The van der Waals surface area contributed by atoms with Crippen LogP contribution in [-0.2, 0) is 0 Å². The zero-order valence-electron chi connectivity index (χ0n) is 12.8. The molecule has 0 radical (unpaired) electrons. The van der Waals surface area contributed by atoms with Crippen molar-refractivity contribution in [1.82, 2.24) is 15.2 Å². The van der Waals surface area contributed by atoms with Gasteiger partial charge in [-0.25, -0.2) is 4.98 Å². The number of benzene rings is 1. The molecule has 0 saturated carbocycles. The van der Waals surface area contributed by atoms with Gasteiger partial charge in [-0.05, 0) is 49.6 Å². The normalized spacial score (nSPS) is 26.0. The van der Waals surface area contributed by atoms with E-state index in [9.17, 15) is 4.79 Å². The largest absolute Gasteiger partial charge is 0.425 e. The minimum atomic E-state index is -0.0243. The van der Waals surface area contributed by atoms with Gasteiger partial charge in [0.1, 0.15) is 11.9 Å². The van der Waals surface area contributed by atoms with Crippen molar-refractivity contribution in [2.45, 2.75) is 18.9 Å². The second kappa shape index (κ2) is 6.04. The molecule has 2 aliphatic heterocycles. The maximum absolute atomic E-state index is 12.4. The molecular formula is C17H19N3O3. The van der Waals surface area contributed by atoms with Crippen molar-refractivity contribution in [3.63, 3.8) is 0 Å². The number of rotatable bonds is 4. The first-order valence-electron chi connectivity index (χ1n) is 7.96. The molecule has 2 bridgehead atoms. The van der Waals surface area contributed by atoms with Gasteiger partial charge in [0.05, 0.1) is 0 Å². The zero-order valence-corrected chi connectivity index (χ0v) is 12.8. The quantitative estimate of drug-likeness (QED) is 0.938. The van der Waals surface area contributed by atoms with E-state index in [2.05, 4.69) is 15.2 Å². The standard InChI is InChI=1S/C17H19N3O3/c21-17(19-14-7-12-5-6-20(9-12)10-14)13-1-3-15(4-2-13)23-16-8-18-11-22-16/h1-4,8,11-12,14H,5-7,9-10H2,(H,19,21)/t12-,14+/m0/s1. The average molecular weight is 313 g/mol. The first-order chi connectivity index (χ1) is 11.3. The molecule has 3 atom stereocenters. The van der Waals surface area contributed by atoms with Crippen molar-refractivity contribution in [3.05, 3.63) is 42.4 Å². The van der Waals surface area contributed by atoms with Gasteiger partial charge in [0, 0.05) is 24.7 Å². The smallest absolute Gasteiger partial charge is 0.310 e. The van der Waals surface area contributed by atoms with Crippen molar-refractivity contribution in [2.75, 3.05) is 19.6 Å². The van der Waals surface area contributed by atoms with Crippen LogP contribution in [0.2, 0.25) is 0 Å². The molecule has 2 fully saturated rings. The Morgan fingerprint density at radius 3 is 2.91 bits per heavy atom. The summed E-state index contributed by atoms with van der Waals surface area (Å²) >= 11 is 0. The highest BCUT2D eigenvalue weighted by Crippen LogP contribution is 2.27. The topological polar surface area (TPSA) is 67.6 Å². The molecule has 1 aromatic heterocycles. The van der Waals surface area contributed by atoms with Gasteiger partial charge in [-0.15, -0.1) is 0 Å². The average Bonchev–Trinajstić information content (AvgIpc) is 3.18. The van der Waals surface area contributed by atoms with Crippen LogP contribution in [0.4, 0.5) is 0 Å². The van der Waals surface area contributed by atoms with Gasteiger partial charge in [0.15, 0.2) is 6.39 Å². The predicted octanol–water partition coefficient (Wildman–Crippen LogP) is 2.29. The molecule has 2 aromatic rings. The van der Waals surface area contributed by atoms with Gasteiger partial charge in [-0.1, -0.05) is 0 Å². The van der Waals surface area contributed by atoms with E-state index in [-0.39, 0.29) is 11.9 Å². The zero-order chi connectivity index (χ0) is 15.6. The van der Waals surface area contributed by atoms with Crippen LogP contribution in [0.3, 0.4) is 0 Å². The van der Waals surface area contributed by atoms with Crippen LogP contribution in [-0.4, -0.2) is 41.5 Å². The monoisotopic (exact) mass is 313 g/mol. The lowest BCUT2D eigenvalue weighted by Crippen LogP contribution is -2.46. The molecule has 0 spiro atoms. The Bertz CT molecular complexity index is 657. The molecule has 2 saturated heterocycles. The molecule has 23 heavy (non-hydrogen) atoms. The van der Waals surface area contributed by atoms with E-state index < -0.39 is 0 Å². The summed E-state index contributed by atoms with van der Waals surface area (Å²) in [5.41, 5.74) is 0.642. The highest BCUT2D eigenvalue weighted by atomic mass is 16.6. The lowest BCUT2D eigenvalue weighted by molar-refractivity contribution is 0.0909. The van der Waals surface area contributed by atoms with E-state index in [1.165, 1.54) is 32.1 Å². The summed E-state index contributed by atoms with van der Waals surface area (Å²) in [5.74, 6) is 1.66. The summed E-state index contributed by atoms with van der Waals surface area (Å²) in [6.45, 7) is 3.33. The van der Waals surface area contributed by atoms with E-state index in [4.69, 9.17) is 9.15 Å². The molecule has 1 amide bonds. The van der Waals surface area contributed by atoms with E-state index in [1.54, 1.807) is 24.3 Å². The van der Waals surface area contributed by atoms with Crippen molar-refractivity contribution in [1.29, 1.82) is 0 Å². The lowest BCUT2D eigenvalue weighted by Gasteiger charge is -2.30. The summed E-state index contributed by atoms with van der Waals surface area (Å²) < 4.78 is 10.5. The Kier molecular flexibility index (Phi) is 3.75. The van der Waals surface area contributed by atoms with Gasteiger partial charge in [0.25, 0.3) is 5.91 Å². The minimum Gasteiger partial charge on any atom is -0.425 e. The Labute approximate surface area is 134 Å². The minimum absolute atomic E-state index is 0.0243. The van der Waals surface area contributed by atoms with Gasteiger partial charge < -0.3 is 19.4 Å². The summed E-state index contributed by atoms with van der Waals surface area (Å²) in [5, 5.41) is 3.15. The number of nitrogens with zero attached hydrogens (tertiary/aromatic N) is 2. The molecule has 1 aromatic carbocycles. The predicted molar refractivity (Wildman–Crippen MR) is 83.4 cm³/mol. The summed E-state index contributed by atoms with van der Waals surface area (Å²) in [6, 6.07) is 7.29. The molecule has 1 N–H and O–H groups in total. The maximum atomic E-state index is 12.4. The van der Waals surface area contributed by atoms with Gasteiger partial charge in [-0.2, -0.15) is 0 Å². The molecular weight excluding hydrogens is 294 g/mol. The second-order valence-corrected chi connectivity index (χ2v) is 6.27. The molecule has 4 rings (SSSR count). The fourth-order valence-corrected chi connectivity index (χ4v) is 3.48. The number of hydrogen-bond acceptors (Lipinski definition) is 5. The van der Waals surface area contributed by atoms with Crippen LogP contribution in [0.1, 0.15) is 23.2 Å². The van der Waals surface area contributed by atoms with Crippen LogP contribution in [0, 0.1) is 5.92 Å². The number of piperidine rings is 1. The number of amides is 1. The molecule has 0 aliphatic carbocycles. The van der Waals surface area contributed by atoms with Gasteiger partial charge in [0.2, 0.25) is 0 Å². The Balaban J connectivity index is 1.36.